The molecule has 4 atom stereocenters. The summed E-state index contributed by atoms with van der Waals surface area (Å²) in [6.45, 7) is 0. The van der Waals surface area contributed by atoms with Crippen molar-refractivity contribution in [1.82, 2.24) is 0 Å². The second-order valence-electron chi connectivity index (χ2n) is 3.83. The normalized spacial score (nSPS) is 37.6. The first-order valence-corrected chi connectivity index (χ1v) is 9.30. The topological polar surface area (TPSA) is 135 Å². The van der Waals surface area contributed by atoms with E-state index in [-0.39, 0.29) is 37.7 Å². The van der Waals surface area contributed by atoms with Crippen LogP contribution in [0.25, 0.3) is 0 Å². The SMILES string of the molecule is O=C([O-])C1(Br)C=CC(Br)C(Br)(S(=O)(=O)O)C1(Br)C(=O)[O-].[Li+].[Li+]. The van der Waals surface area contributed by atoms with Gasteiger partial charge in [0.2, 0.25) is 0 Å². The maximum absolute atomic E-state index is 11.6. The number of carboxylic acids is 2. The Balaban J connectivity index is 0. The van der Waals surface area contributed by atoms with Crippen LogP contribution in [0.4, 0.5) is 0 Å². The molecule has 14 heteroatoms. The summed E-state index contributed by atoms with van der Waals surface area (Å²) in [6, 6.07) is 0. The van der Waals surface area contributed by atoms with E-state index in [1.165, 1.54) is 0 Å². The number of carbonyl (C=O) groups is 2. The van der Waals surface area contributed by atoms with Crippen molar-refractivity contribution in [3.05, 3.63) is 12.2 Å². The van der Waals surface area contributed by atoms with Crippen LogP contribution in [0.2, 0.25) is 0 Å². The van der Waals surface area contributed by atoms with E-state index in [1.54, 1.807) is 0 Å². The molecule has 0 spiro atoms. The van der Waals surface area contributed by atoms with E-state index >= 15 is 0 Å². The van der Waals surface area contributed by atoms with Crippen LogP contribution in [0.1, 0.15) is 0 Å². The van der Waals surface area contributed by atoms with Crippen molar-refractivity contribution >= 4 is 85.8 Å². The van der Waals surface area contributed by atoms with Crippen LogP contribution in [-0.4, -0.2) is 42.0 Å². The average Bonchev–Trinajstić information content (AvgIpc) is 2.29. The average molecular weight is 578 g/mol. The Labute approximate surface area is 183 Å². The maximum Gasteiger partial charge on any atom is 1.00 e. The Morgan fingerprint density at radius 3 is 1.77 bits per heavy atom. The minimum Gasteiger partial charge on any atom is -0.548 e. The summed E-state index contributed by atoms with van der Waals surface area (Å²) < 4.78 is 24.7. The van der Waals surface area contributed by atoms with E-state index in [9.17, 15) is 32.8 Å². The Morgan fingerprint density at radius 2 is 1.50 bits per heavy atom. The summed E-state index contributed by atoms with van der Waals surface area (Å²) in [7, 11) is -5.10. The summed E-state index contributed by atoms with van der Waals surface area (Å²) in [4.78, 5) is 21.5. The van der Waals surface area contributed by atoms with Gasteiger partial charge in [-0.2, -0.15) is 8.42 Å². The predicted octanol–water partition coefficient (Wildman–Crippen LogP) is -6.93. The molecule has 0 aromatic heterocycles. The van der Waals surface area contributed by atoms with Gasteiger partial charge in [-0.25, -0.2) is 0 Å². The largest absolute Gasteiger partial charge is 1.00 e. The first-order valence-electron chi connectivity index (χ1n) is 4.57. The molecule has 1 N–H and O–H groups in total. The molecule has 0 heterocycles. The van der Waals surface area contributed by atoms with Crippen molar-refractivity contribution in [3.8, 4) is 0 Å². The number of hydrogen-bond acceptors (Lipinski definition) is 6. The number of allylic oxidation sites excluding steroid dienone is 1. The molecule has 0 fully saturated rings. The number of hydrogen-bond donors (Lipinski definition) is 1. The molecule has 7 nitrogen and oxygen atoms in total. The standard InChI is InChI=1S/C8H6Br4O7S.2Li/c9-3-1-2-6(10,4(13)14)7(11,5(15)16)8(3,12)20(17,18)19;;/h1-3H,(H,13,14)(H,15,16)(H,17,18,19);;/q;2*+1/p-2. The molecule has 1 aliphatic rings. The molecule has 0 saturated carbocycles. The van der Waals surface area contributed by atoms with Crippen molar-refractivity contribution < 1.29 is 70.5 Å². The van der Waals surface area contributed by atoms with E-state index in [0.717, 1.165) is 12.2 Å². The van der Waals surface area contributed by atoms with Gasteiger partial charge in [-0.15, -0.1) is 0 Å². The molecule has 0 aromatic rings. The van der Waals surface area contributed by atoms with Gasteiger partial charge in [0, 0.05) is 0 Å². The van der Waals surface area contributed by atoms with Gasteiger partial charge in [-0.1, -0.05) is 75.9 Å². The smallest absolute Gasteiger partial charge is 0.548 e. The summed E-state index contributed by atoms with van der Waals surface area (Å²) in [6.07, 6.45) is 1.91. The number of carbonyl (C=O) groups excluding carboxylic acids is 2. The van der Waals surface area contributed by atoms with E-state index in [1.807, 2.05) is 0 Å². The second kappa shape index (κ2) is 7.94. The molecule has 0 aliphatic heterocycles. The minimum absolute atomic E-state index is 0. The molecule has 1 rings (SSSR count). The fourth-order valence-electron chi connectivity index (χ4n) is 1.71. The summed E-state index contributed by atoms with van der Waals surface area (Å²) >= 11 is 10.7. The van der Waals surface area contributed by atoms with Gasteiger partial charge in [0.1, 0.15) is 8.65 Å². The molecular weight excluding hydrogens is 574 g/mol. The quantitative estimate of drug-likeness (QED) is 0.153. The van der Waals surface area contributed by atoms with Crippen LogP contribution in [0.15, 0.2) is 12.2 Å². The zero-order valence-electron chi connectivity index (χ0n) is 11.0. The van der Waals surface area contributed by atoms with Gasteiger partial charge in [-0.05, 0) is 0 Å². The molecule has 0 saturated heterocycles. The van der Waals surface area contributed by atoms with Crippen LogP contribution in [0.3, 0.4) is 0 Å². The maximum atomic E-state index is 11.6. The molecule has 22 heavy (non-hydrogen) atoms. The molecule has 4 unspecified atom stereocenters. The van der Waals surface area contributed by atoms with E-state index in [0.29, 0.717) is 0 Å². The zero-order chi connectivity index (χ0) is 16.1. The van der Waals surface area contributed by atoms with Crippen molar-refractivity contribution in [2.45, 2.75) is 17.1 Å². The number of halogens is 4. The molecule has 114 valence electrons. The van der Waals surface area contributed by atoms with Crippen LogP contribution < -0.4 is 47.9 Å². The van der Waals surface area contributed by atoms with Gasteiger partial charge >= 0.3 is 37.7 Å². The van der Waals surface area contributed by atoms with E-state index in [2.05, 4.69) is 63.7 Å². The third-order valence-corrected chi connectivity index (χ3v) is 12.4. The third kappa shape index (κ3) is 3.35. The van der Waals surface area contributed by atoms with Crippen LogP contribution in [0, 0.1) is 0 Å². The minimum atomic E-state index is -5.10. The first-order chi connectivity index (χ1) is 8.76. The van der Waals surface area contributed by atoms with Crippen LogP contribution in [-0.2, 0) is 19.7 Å². The zero-order valence-corrected chi connectivity index (χ0v) is 18.2. The van der Waals surface area contributed by atoms with Gasteiger partial charge in [-0.3, -0.25) is 4.55 Å². The molecule has 1 aliphatic carbocycles. The molecule has 0 aromatic carbocycles. The molecular formula is C8H4Br4Li2O7S. The van der Waals surface area contributed by atoms with E-state index in [4.69, 9.17) is 0 Å². The Bertz CT molecular complexity index is 614. The first kappa shape index (κ1) is 25.9. The fraction of sp³-hybridized carbons (Fsp3) is 0.500. The van der Waals surface area contributed by atoms with Gasteiger partial charge in [0.05, 0.1) is 16.8 Å². The van der Waals surface area contributed by atoms with Crippen molar-refractivity contribution in [1.29, 1.82) is 0 Å². The second-order valence-corrected chi connectivity index (χ2v) is 10.6. The van der Waals surface area contributed by atoms with Gasteiger partial charge in [0.15, 0.2) is 3.66 Å². The van der Waals surface area contributed by atoms with Crippen molar-refractivity contribution in [2.75, 3.05) is 0 Å². The fourth-order valence-corrected chi connectivity index (χ4v) is 6.99. The third-order valence-electron chi connectivity index (χ3n) is 2.77. The summed E-state index contributed by atoms with van der Waals surface area (Å²) in [5.74, 6) is -4.04. The van der Waals surface area contributed by atoms with E-state index < -0.39 is 39.2 Å². The Hall–Kier alpha value is 1.70. The summed E-state index contributed by atoms with van der Waals surface area (Å²) in [5, 5.41) is 22.7. The number of rotatable bonds is 3. The number of aliphatic carboxylic acids is 2. The van der Waals surface area contributed by atoms with Crippen LogP contribution in [0.5, 0.6) is 0 Å². The predicted molar refractivity (Wildman–Crippen MR) is 78.4 cm³/mol. The Kier molecular flexibility index (Phi) is 9.36. The van der Waals surface area contributed by atoms with Gasteiger partial charge < -0.3 is 19.8 Å². The number of alkyl halides is 4. The number of carboxylic acid groups (broad SMARTS) is 2. The van der Waals surface area contributed by atoms with Crippen molar-refractivity contribution in [3.63, 3.8) is 0 Å². The summed E-state index contributed by atoms with van der Waals surface area (Å²) in [5.41, 5.74) is 0. The Morgan fingerprint density at radius 1 is 1.09 bits per heavy atom. The molecule has 0 radical (unpaired) electrons. The van der Waals surface area contributed by atoms with Crippen LogP contribution >= 0.6 is 63.7 Å². The molecule has 0 bridgehead atoms. The monoisotopic (exact) mass is 574 g/mol. The molecule has 0 amide bonds. The van der Waals surface area contributed by atoms with Crippen molar-refractivity contribution in [2.24, 2.45) is 0 Å². The van der Waals surface area contributed by atoms with Gasteiger partial charge in [0.25, 0.3) is 10.1 Å².